The van der Waals surface area contributed by atoms with Gasteiger partial charge in [-0.2, -0.15) is 0 Å². The first kappa shape index (κ1) is 16.7. The van der Waals surface area contributed by atoms with E-state index in [-0.39, 0.29) is 12.0 Å². The van der Waals surface area contributed by atoms with Crippen LogP contribution in [0.1, 0.15) is 12.0 Å². The Kier molecular flexibility index (Phi) is 4.69. The van der Waals surface area contributed by atoms with Crippen molar-refractivity contribution in [2.45, 2.75) is 24.1 Å². The fraction of sp³-hybridized carbons (Fsp3) is 0.400. The maximum absolute atomic E-state index is 15.7. The number of carbonyl (C=O) groups is 1. The molecule has 1 aromatic carbocycles. The van der Waals surface area contributed by atoms with Crippen LogP contribution in [0.2, 0.25) is 0 Å². The van der Waals surface area contributed by atoms with Crippen LogP contribution in [-0.2, 0) is 15.3 Å². The zero-order valence-electron chi connectivity index (χ0n) is 12.2. The van der Waals surface area contributed by atoms with Crippen molar-refractivity contribution in [3.63, 3.8) is 0 Å². The Balaban J connectivity index is 2.56. The van der Waals surface area contributed by atoms with Gasteiger partial charge >= 0.3 is 0 Å². The molecule has 1 aromatic rings. The van der Waals surface area contributed by atoms with Crippen molar-refractivity contribution < 1.29 is 22.9 Å². The van der Waals surface area contributed by atoms with Crippen LogP contribution in [0.5, 0.6) is 0 Å². The lowest BCUT2D eigenvalue weighted by molar-refractivity contribution is -0.332. The van der Waals surface area contributed by atoms with E-state index in [4.69, 9.17) is 4.84 Å². The van der Waals surface area contributed by atoms with Crippen LogP contribution in [0, 0.1) is 0 Å². The van der Waals surface area contributed by atoms with Crippen LogP contribution < -0.4 is 0 Å². The molecule has 1 aliphatic heterocycles. The number of allylic oxidation sites excluding steroid dienone is 1. The lowest BCUT2D eigenvalue weighted by atomic mass is 9.84. The van der Waals surface area contributed by atoms with Crippen LogP contribution in [0.25, 0.3) is 0 Å². The van der Waals surface area contributed by atoms with E-state index in [2.05, 4.69) is 0 Å². The number of hydrogen-bond acceptors (Lipinski definition) is 4. The van der Waals surface area contributed by atoms with Crippen LogP contribution in [-0.4, -0.2) is 42.6 Å². The molecule has 0 saturated carbocycles. The summed E-state index contributed by atoms with van der Waals surface area (Å²) in [6.07, 6.45) is 0.586. The minimum absolute atomic E-state index is 0.0629. The highest BCUT2D eigenvalue weighted by atomic mass is 19.2. The topological polar surface area (TPSA) is 32.8 Å². The molecule has 22 heavy (non-hydrogen) atoms. The molecule has 1 heterocycles. The second-order valence-electron chi connectivity index (χ2n) is 5.22. The van der Waals surface area contributed by atoms with Crippen molar-refractivity contribution in [1.82, 2.24) is 10.2 Å². The van der Waals surface area contributed by atoms with Gasteiger partial charge in [-0.15, -0.1) is 4.48 Å². The Morgan fingerprint density at radius 1 is 1.32 bits per heavy atom. The van der Waals surface area contributed by atoms with Crippen molar-refractivity contribution in [2.75, 3.05) is 14.1 Å². The molecule has 0 radical (unpaired) electrons. The Morgan fingerprint density at radius 2 is 1.95 bits per heavy atom. The molecule has 4 nitrogen and oxygen atoms in total. The van der Waals surface area contributed by atoms with Crippen molar-refractivity contribution in [3.8, 4) is 0 Å². The maximum atomic E-state index is 15.7. The van der Waals surface area contributed by atoms with Crippen molar-refractivity contribution >= 4 is 6.29 Å². The third-order valence-corrected chi connectivity index (χ3v) is 3.53. The molecule has 3 unspecified atom stereocenters. The summed E-state index contributed by atoms with van der Waals surface area (Å²) in [6, 6.07) is 7.42. The van der Waals surface area contributed by atoms with Gasteiger partial charge < -0.3 is 4.79 Å². The zero-order valence-corrected chi connectivity index (χ0v) is 12.2. The fourth-order valence-corrected chi connectivity index (χ4v) is 2.47. The first-order valence-electron chi connectivity index (χ1n) is 6.72. The number of hydroxylamine groups is 1. The highest BCUT2D eigenvalue weighted by molar-refractivity contribution is 5.52. The van der Waals surface area contributed by atoms with Gasteiger partial charge in [0.2, 0.25) is 5.67 Å². The predicted octanol–water partition coefficient (Wildman–Crippen LogP) is 2.68. The molecular weight excluding hydrogens is 297 g/mol. The predicted molar refractivity (Wildman–Crippen MR) is 74.4 cm³/mol. The van der Waals surface area contributed by atoms with Gasteiger partial charge in [-0.3, -0.25) is 4.90 Å². The van der Waals surface area contributed by atoms with Crippen molar-refractivity contribution in [3.05, 3.63) is 48.0 Å². The summed E-state index contributed by atoms with van der Waals surface area (Å²) >= 11 is 0. The quantitative estimate of drug-likeness (QED) is 0.362. The summed E-state index contributed by atoms with van der Waals surface area (Å²) in [7, 11) is 2.91. The van der Waals surface area contributed by atoms with E-state index in [0.717, 1.165) is 6.08 Å². The lowest BCUT2D eigenvalue weighted by Crippen LogP contribution is -2.52. The van der Waals surface area contributed by atoms with Crippen LogP contribution >= 0.6 is 0 Å². The van der Waals surface area contributed by atoms with Gasteiger partial charge in [0.25, 0.3) is 5.79 Å². The van der Waals surface area contributed by atoms with Gasteiger partial charge in [-0.1, -0.05) is 36.4 Å². The second kappa shape index (κ2) is 6.20. The first-order valence-corrected chi connectivity index (χ1v) is 6.72. The molecule has 0 spiro atoms. The number of hydrogen-bond donors (Lipinski definition) is 0. The molecule has 120 valence electrons. The van der Waals surface area contributed by atoms with Gasteiger partial charge in [-0.25, -0.2) is 13.6 Å². The average molecular weight is 314 g/mol. The largest absolute Gasteiger partial charge is 0.303 e. The number of rotatable bonds is 5. The van der Waals surface area contributed by atoms with Gasteiger partial charge in [0.1, 0.15) is 6.29 Å². The van der Waals surface area contributed by atoms with E-state index < -0.39 is 23.0 Å². The molecule has 7 heteroatoms. The van der Waals surface area contributed by atoms with Crippen LogP contribution in [0.4, 0.5) is 13.3 Å². The summed E-state index contributed by atoms with van der Waals surface area (Å²) in [5, 5.41) is -0.633. The number of carbonyl (C=O) groups excluding carboxylic acids is 1. The number of halogens is 3. The number of benzene rings is 1. The standard InChI is InChI=1S/C15H17F3N2O2/c1-19(2)13-15(17,12-8-4-3-5-9-12)14(16,20(18)22-13)10-6-7-11-21/h3-6,8-11,13H,7H2,1-2H3. The number of nitrogens with zero attached hydrogens (tertiary/aromatic N) is 2. The van der Waals surface area contributed by atoms with Gasteiger partial charge in [0.15, 0.2) is 6.23 Å². The normalized spacial score (nSPS) is 32.9. The Bertz CT molecular complexity index is 555. The molecule has 0 aromatic heterocycles. The fourth-order valence-electron chi connectivity index (χ4n) is 2.47. The summed E-state index contributed by atoms with van der Waals surface area (Å²) in [5.74, 6) is -3.19. The molecular formula is C15H17F3N2O2. The van der Waals surface area contributed by atoms with E-state index in [1.807, 2.05) is 0 Å². The van der Waals surface area contributed by atoms with Crippen LogP contribution in [0.3, 0.4) is 0 Å². The van der Waals surface area contributed by atoms with E-state index in [0.29, 0.717) is 12.4 Å². The van der Waals surface area contributed by atoms with Gasteiger partial charge in [0.05, 0.1) is 0 Å². The first-order chi connectivity index (χ1) is 10.4. The molecule has 0 bridgehead atoms. The van der Waals surface area contributed by atoms with E-state index >= 15 is 8.78 Å². The Labute approximate surface area is 126 Å². The molecule has 1 saturated heterocycles. The van der Waals surface area contributed by atoms with E-state index in [1.165, 1.54) is 43.3 Å². The third kappa shape index (κ3) is 2.45. The smallest absolute Gasteiger partial charge is 0.277 e. The van der Waals surface area contributed by atoms with Crippen LogP contribution in [0.15, 0.2) is 42.5 Å². The zero-order chi connectivity index (χ0) is 16.4. The van der Waals surface area contributed by atoms with Crippen molar-refractivity contribution in [1.29, 1.82) is 0 Å². The molecule has 0 amide bonds. The molecule has 3 atom stereocenters. The summed E-state index contributed by atoms with van der Waals surface area (Å²) < 4.78 is 44.9. The third-order valence-electron chi connectivity index (χ3n) is 3.53. The van der Waals surface area contributed by atoms with E-state index in [9.17, 15) is 9.28 Å². The number of aldehydes is 1. The number of alkyl halides is 2. The second-order valence-corrected chi connectivity index (χ2v) is 5.22. The Morgan fingerprint density at radius 3 is 2.50 bits per heavy atom. The van der Waals surface area contributed by atoms with E-state index in [1.54, 1.807) is 6.07 Å². The molecule has 0 aliphatic carbocycles. The highest BCUT2D eigenvalue weighted by Gasteiger charge is 2.70. The number of likely N-dealkylation sites (N-methyl/N-ethyl adjacent to an activating group) is 1. The summed E-state index contributed by atoms with van der Waals surface area (Å²) in [6.45, 7) is 0. The molecule has 0 N–H and O–H groups in total. The maximum Gasteiger partial charge on any atom is 0.277 e. The Hall–Kier alpha value is -1.70. The molecule has 1 aliphatic rings. The summed E-state index contributed by atoms with van der Waals surface area (Å²) in [5.41, 5.74) is -2.88. The van der Waals surface area contributed by atoms with Crippen molar-refractivity contribution in [2.24, 2.45) is 0 Å². The minimum Gasteiger partial charge on any atom is -0.303 e. The molecule has 2 rings (SSSR count). The monoisotopic (exact) mass is 314 g/mol. The average Bonchev–Trinajstić information content (AvgIpc) is 2.71. The van der Waals surface area contributed by atoms with Gasteiger partial charge in [-0.05, 0) is 25.7 Å². The SMILES string of the molecule is CN(C)C1ON(F)C(F)(C=CCC=O)C1(F)c1ccccc1. The van der Waals surface area contributed by atoms with Gasteiger partial charge in [0, 0.05) is 11.7 Å². The lowest BCUT2D eigenvalue weighted by Gasteiger charge is -2.34. The highest BCUT2D eigenvalue weighted by Crippen LogP contribution is 2.53. The molecule has 1 fully saturated rings. The summed E-state index contributed by atoms with van der Waals surface area (Å²) in [4.78, 5) is 16.3. The minimum atomic E-state index is -3.19.